The molecule has 0 aliphatic heterocycles. The second kappa shape index (κ2) is 15.4. The molecule has 0 fully saturated rings. The maximum atomic E-state index is 10.3. The van der Waals surface area contributed by atoms with Crippen molar-refractivity contribution in [1.82, 2.24) is 0 Å². The lowest BCUT2D eigenvalue weighted by Crippen LogP contribution is -1.92. The summed E-state index contributed by atoms with van der Waals surface area (Å²) in [5.74, 6) is -0.726. The normalized spacial score (nSPS) is 12.4. The van der Waals surface area contributed by atoms with Crippen LogP contribution in [0.1, 0.15) is 44.9 Å². The third-order valence-corrected chi connectivity index (χ3v) is 2.54. The minimum atomic E-state index is -0.726. The van der Waals surface area contributed by atoms with E-state index in [9.17, 15) is 4.79 Å². The maximum absolute atomic E-state index is 10.3. The van der Waals surface area contributed by atoms with Crippen LogP contribution < -0.4 is 0 Å². The van der Waals surface area contributed by atoms with E-state index in [-0.39, 0.29) is 13.0 Å². The van der Waals surface area contributed by atoms with Gasteiger partial charge in [0.05, 0.1) is 0 Å². The van der Waals surface area contributed by atoms with Gasteiger partial charge in [-0.1, -0.05) is 48.6 Å². The number of unbranched alkanes of at least 4 members (excludes halogenated alkanes) is 1. The Bertz CT molecular complexity index is 338. The molecular formula is C17H26O3. The van der Waals surface area contributed by atoms with E-state index in [1.807, 2.05) is 12.2 Å². The summed E-state index contributed by atoms with van der Waals surface area (Å²) in [6.07, 6.45) is 21.9. The molecule has 0 amide bonds. The maximum Gasteiger partial charge on any atom is 0.303 e. The van der Waals surface area contributed by atoms with Crippen LogP contribution in [0, 0.1) is 0 Å². The van der Waals surface area contributed by atoms with Crippen LogP contribution in [0.15, 0.2) is 48.6 Å². The van der Waals surface area contributed by atoms with E-state index in [1.54, 1.807) is 0 Å². The van der Waals surface area contributed by atoms with Crippen LogP contribution in [0.25, 0.3) is 0 Å². The summed E-state index contributed by atoms with van der Waals surface area (Å²) in [5.41, 5.74) is 0. The van der Waals surface area contributed by atoms with Crippen molar-refractivity contribution in [3.05, 3.63) is 48.6 Å². The van der Waals surface area contributed by atoms with Crippen LogP contribution in [0.5, 0.6) is 0 Å². The fourth-order valence-electron chi connectivity index (χ4n) is 1.49. The number of carboxylic acid groups (broad SMARTS) is 1. The van der Waals surface area contributed by atoms with Crippen molar-refractivity contribution in [2.75, 3.05) is 6.61 Å². The summed E-state index contributed by atoms with van der Waals surface area (Å²) >= 11 is 0. The van der Waals surface area contributed by atoms with Gasteiger partial charge in [0.2, 0.25) is 0 Å². The predicted molar refractivity (Wildman–Crippen MR) is 83.6 cm³/mol. The molecule has 112 valence electrons. The first kappa shape index (κ1) is 18.4. The second-order valence-corrected chi connectivity index (χ2v) is 4.39. The molecule has 0 aliphatic carbocycles. The highest BCUT2D eigenvalue weighted by molar-refractivity contribution is 5.66. The molecule has 0 spiro atoms. The van der Waals surface area contributed by atoms with Crippen molar-refractivity contribution in [3.63, 3.8) is 0 Å². The van der Waals surface area contributed by atoms with Gasteiger partial charge in [0, 0.05) is 13.0 Å². The molecule has 0 heterocycles. The molecule has 0 saturated heterocycles. The zero-order chi connectivity index (χ0) is 14.9. The molecule has 3 nitrogen and oxygen atoms in total. The molecule has 3 heteroatoms. The molecule has 0 aliphatic rings. The van der Waals surface area contributed by atoms with Gasteiger partial charge in [0.15, 0.2) is 0 Å². The van der Waals surface area contributed by atoms with E-state index >= 15 is 0 Å². The number of aliphatic carboxylic acids is 1. The minimum absolute atomic E-state index is 0.215. The molecular weight excluding hydrogens is 252 g/mol. The van der Waals surface area contributed by atoms with Crippen LogP contribution in [-0.4, -0.2) is 22.8 Å². The Morgan fingerprint density at radius 1 is 0.750 bits per heavy atom. The number of carboxylic acids is 1. The fourth-order valence-corrected chi connectivity index (χ4v) is 1.49. The molecule has 0 rings (SSSR count). The van der Waals surface area contributed by atoms with E-state index < -0.39 is 5.97 Å². The largest absolute Gasteiger partial charge is 0.481 e. The SMILES string of the molecule is O=C(O)CCC/C=C/C/C=C/C/C=C/C/C=C/CCO. The average molecular weight is 278 g/mol. The van der Waals surface area contributed by atoms with Gasteiger partial charge in [0.1, 0.15) is 0 Å². The zero-order valence-corrected chi connectivity index (χ0v) is 12.1. The Morgan fingerprint density at radius 2 is 1.20 bits per heavy atom. The lowest BCUT2D eigenvalue weighted by atomic mass is 10.2. The van der Waals surface area contributed by atoms with Crippen LogP contribution in [0.3, 0.4) is 0 Å². The topological polar surface area (TPSA) is 57.5 Å². The van der Waals surface area contributed by atoms with E-state index in [0.29, 0.717) is 6.42 Å². The Hall–Kier alpha value is -1.61. The summed E-state index contributed by atoms with van der Waals surface area (Å²) in [7, 11) is 0. The number of carbonyl (C=O) groups is 1. The Kier molecular flexibility index (Phi) is 14.2. The van der Waals surface area contributed by atoms with E-state index in [0.717, 1.165) is 32.1 Å². The summed E-state index contributed by atoms with van der Waals surface area (Å²) in [4.78, 5) is 10.3. The molecule has 0 aromatic carbocycles. The van der Waals surface area contributed by atoms with E-state index in [1.165, 1.54) is 0 Å². The highest BCUT2D eigenvalue weighted by Gasteiger charge is 1.92. The Labute approximate surface area is 122 Å². The number of hydrogen-bond acceptors (Lipinski definition) is 2. The molecule has 20 heavy (non-hydrogen) atoms. The lowest BCUT2D eigenvalue weighted by molar-refractivity contribution is -0.137. The first-order chi connectivity index (χ1) is 9.77. The summed E-state index contributed by atoms with van der Waals surface area (Å²) < 4.78 is 0. The minimum Gasteiger partial charge on any atom is -0.481 e. The van der Waals surface area contributed by atoms with Gasteiger partial charge >= 0.3 is 5.97 Å². The highest BCUT2D eigenvalue weighted by Crippen LogP contribution is 1.98. The molecule has 0 unspecified atom stereocenters. The van der Waals surface area contributed by atoms with Gasteiger partial charge in [-0.15, -0.1) is 0 Å². The van der Waals surface area contributed by atoms with E-state index in [2.05, 4.69) is 36.5 Å². The Balaban J connectivity index is 3.41. The molecule has 0 radical (unpaired) electrons. The van der Waals surface area contributed by atoms with E-state index in [4.69, 9.17) is 10.2 Å². The van der Waals surface area contributed by atoms with Crippen molar-refractivity contribution in [2.24, 2.45) is 0 Å². The lowest BCUT2D eigenvalue weighted by Gasteiger charge is -1.89. The first-order valence-electron chi connectivity index (χ1n) is 7.20. The smallest absolute Gasteiger partial charge is 0.303 e. The summed E-state index contributed by atoms with van der Waals surface area (Å²) in [5, 5.41) is 17.0. The molecule has 0 aromatic heterocycles. The predicted octanol–water partition coefficient (Wildman–Crippen LogP) is 4.02. The van der Waals surface area contributed by atoms with Crippen molar-refractivity contribution in [2.45, 2.75) is 44.9 Å². The number of rotatable bonds is 12. The van der Waals surface area contributed by atoms with Gasteiger partial charge in [-0.2, -0.15) is 0 Å². The van der Waals surface area contributed by atoms with Gasteiger partial charge in [-0.25, -0.2) is 0 Å². The third-order valence-electron chi connectivity index (χ3n) is 2.54. The molecule has 2 N–H and O–H groups in total. The van der Waals surface area contributed by atoms with Crippen molar-refractivity contribution >= 4 is 5.97 Å². The second-order valence-electron chi connectivity index (χ2n) is 4.39. The molecule has 0 saturated carbocycles. The monoisotopic (exact) mass is 278 g/mol. The van der Waals surface area contributed by atoms with Crippen molar-refractivity contribution < 1.29 is 15.0 Å². The van der Waals surface area contributed by atoms with Crippen LogP contribution in [0.2, 0.25) is 0 Å². The van der Waals surface area contributed by atoms with Crippen molar-refractivity contribution in [1.29, 1.82) is 0 Å². The van der Waals surface area contributed by atoms with Crippen LogP contribution in [0.4, 0.5) is 0 Å². The fraction of sp³-hybridized carbons (Fsp3) is 0.471. The average Bonchev–Trinajstić information content (AvgIpc) is 2.43. The molecule has 0 atom stereocenters. The van der Waals surface area contributed by atoms with Gasteiger partial charge in [0.25, 0.3) is 0 Å². The zero-order valence-electron chi connectivity index (χ0n) is 12.1. The standard InChI is InChI=1S/C17H26O3/c18-16-14-12-10-8-6-4-2-1-3-5-7-9-11-13-15-17(19)20/h1,3-4,6-7,9-10,12,18H,2,5,8,11,13-16H2,(H,19,20)/b3-1+,6-4+,9-7+,12-10+. The number of hydrogen-bond donors (Lipinski definition) is 2. The third kappa shape index (κ3) is 16.4. The van der Waals surface area contributed by atoms with Gasteiger partial charge in [-0.05, 0) is 38.5 Å². The molecule has 0 aromatic rings. The number of aliphatic hydroxyl groups excluding tert-OH is 1. The molecule has 0 bridgehead atoms. The number of aliphatic hydroxyl groups is 1. The van der Waals surface area contributed by atoms with Crippen LogP contribution >= 0.6 is 0 Å². The Morgan fingerprint density at radius 3 is 1.65 bits per heavy atom. The van der Waals surface area contributed by atoms with Crippen molar-refractivity contribution in [3.8, 4) is 0 Å². The summed E-state index contributed by atoms with van der Waals surface area (Å²) in [6.45, 7) is 0.215. The van der Waals surface area contributed by atoms with Gasteiger partial charge in [-0.3, -0.25) is 4.79 Å². The van der Waals surface area contributed by atoms with Crippen LogP contribution in [-0.2, 0) is 4.79 Å². The quantitative estimate of drug-likeness (QED) is 0.419. The summed E-state index contributed by atoms with van der Waals surface area (Å²) in [6, 6.07) is 0. The number of allylic oxidation sites excluding steroid dienone is 7. The van der Waals surface area contributed by atoms with Gasteiger partial charge < -0.3 is 10.2 Å². The first-order valence-corrected chi connectivity index (χ1v) is 7.20. The highest BCUT2D eigenvalue weighted by atomic mass is 16.4.